The predicted molar refractivity (Wildman–Crippen MR) is 231 cm³/mol. The van der Waals surface area contributed by atoms with E-state index in [1.165, 1.54) is 66.6 Å². The molecule has 0 N–H and O–H groups in total. The molecule has 0 saturated carbocycles. The van der Waals surface area contributed by atoms with E-state index in [2.05, 4.69) is 206 Å². The van der Waals surface area contributed by atoms with Crippen molar-refractivity contribution in [1.29, 1.82) is 0 Å². The molecule has 1 aromatic heterocycles. The second-order valence-corrected chi connectivity index (χ2v) is 15.5. The van der Waals surface area contributed by atoms with Crippen molar-refractivity contribution in [1.82, 2.24) is 0 Å². The quantitative estimate of drug-likeness (QED) is 0.178. The minimum Gasteiger partial charge on any atom is -0.456 e. The van der Waals surface area contributed by atoms with Crippen LogP contribution in [0.2, 0.25) is 0 Å². The number of benzene rings is 4. The molecule has 6 aliphatic carbocycles. The molecule has 0 bridgehead atoms. The molecule has 0 spiro atoms. The maximum atomic E-state index is 6.80. The zero-order chi connectivity index (χ0) is 36.3. The van der Waals surface area contributed by atoms with E-state index in [9.17, 15) is 0 Å². The van der Waals surface area contributed by atoms with Gasteiger partial charge in [0, 0.05) is 46.5 Å². The minimum absolute atomic E-state index is 0.185. The highest BCUT2D eigenvalue weighted by atomic mass is 16.3. The van der Waals surface area contributed by atoms with Crippen molar-refractivity contribution in [3.63, 3.8) is 0 Å². The third kappa shape index (κ3) is 5.62. The molecule has 0 aliphatic heterocycles. The lowest BCUT2D eigenvalue weighted by Gasteiger charge is -2.31. The maximum absolute atomic E-state index is 6.80. The first-order valence-corrected chi connectivity index (χ1v) is 19.7. The van der Waals surface area contributed by atoms with Gasteiger partial charge in [0.15, 0.2) is 0 Å². The van der Waals surface area contributed by atoms with Crippen molar-refractivity contribution >= 4 is 39.3 Å². The summed E-state index contributed by atoms with van der Waals surface area (Å²) in [5.74, 6) is 2.82. The van der Waals surface area contributed by atoms with Crippen LogP contribution in [0.15, 0.2) is 205 Å². The summed E-state index contributed by atoms with van der Waals surface area (Å²) in [6.45, 7) is 0. The normalized spacial score (nSPS) is 25.4. The summed E-state index contributed by atoms with van der Waals surface area (Å²) in [5, 5.41) is 1.22. The fourth-order valence-electron chi connectivity index (χ4n) is 9.54. The van der Waals surface area contributed by atoms with Gasteiger partial charge in [0.25, 0.3) is 0 Å². The Labute approximate surface area is 323 Å². The molecule has 1 heteroatoms. The molecule has 5 aromatic rings. The van der Waals surface area contributed by atoms with Gasteiger partial charge in [-0.2, -0.15) is 0 Å². The van der Waals surface area contributed by atoms with Crippen molar-refractivity contribution < 1.29 is 4.42 Å². The van der Waals surface area contributed by atoms with Crippen LogP contribution >= 0.6 is 0 Å². The zero-order valence-electron chi connectivity index (χ0n) is 30.5. The van der Waals surface area contributed by atoms with Gasteiger partial charge in [-0.05, 0) is 86.0 Å². The van der Waals surface area contributed by atoms with Crippen LogP contribution in [-0.2, 0) is 0 Å². The Bertz CT molecular complexity index is 2710. The first kappa shape index (κ1) is 32.0. The van der Waals surface area contributed by atoms with Gasteiger partial charge in [-0.25, -0.2) is 0 Å². The average molecular weight is 705 g/mol. The first-order valence-electron chi connectivity index (χ1n) is 19.7. The van der Waals surface area contributed by atoms with E-state index in [1.807, 2.05) is 0 Å². The largest absolute Gasteiger partial charge is 0.456 e. The van der Waals surface area contributed by atoms with Gasteiger partial charge in [0.1, 0.15) is 11.3 Å². The molecule has 6 unspecified atom stereocenters. The molecule has 11 rings (SSSR count). The number of furan rings is 1. The highest BCUT2D eigenvalue weighted by Gasteiger charge is 2.35. The molecule has 4 aromatic carbocycles. The molecule has 0 saturated heterocycles. The standard InChI is InChI=1S/C54H40O/c1-3-12-35(13-4-1)39-24-25-41-30-43(27-26-40(41)29-39)45-31-44(42-23-22-36-14-7-8-17-38(36)28-42)32-46(33-45)47-20-11-21-51-53(47)54-49-19-10-9-18-48(49)50(34-52(54)55-51)37-15-5-2-6-16-37/h1-34,36,38,40-41,48-49H. The first-order chi connectivity index (χ1) is 27.2. The Morgan fingerprint density at radius 3 is 1.65 bits per heavy atom. The SMILES string of the molecule is C1=CC2C=CC(c3cc(C4=CC5C=CC(c6ccccc6)=CC5C=C4)cc(-c4cccc5oc6c(c45)C4C=CC=CC4C(c4ccccc4)=C6)c3)=CC2C=C1. The third-order valence-corrected chi connectivity index (χ3v) is 12.3. The zero-order valence-corrected chi connectivity index (χ0v) is 30.5. The topological polar surface area (TPSA) is 13.1 Å². The van der Waals surface area contributed by atoms with E-state index in [0.717, 1.165) is 11.3 Å². The maximum Gasteiger partial charge on any atom is 0.135 e. The lowest BCUT2D eigenvalue weighted by atomic mass is 9.71. The van der Waals surface area contributed by atoms with Crippen molar-refractivity contribution in [2.45, 2.75) is 5.92 Å². The smallest absolute Gasteiger partial charge is 0.135 e. The molecule has 0 amide bonds. The lowest BCUT2D eigenvalue weighted by molar-refractivity contribution is 0.581. The summed E-state index contributed by atoms with van der Waals surface area (Å²) >= 11 is 0. The van der Waals surface area contributed by atoms with Crippen molar-refractivity contribution in [3.05, 3.63) is 234 Å². The van der Waals surface area contributed by atoms with Crippen molar-refractivity contribution in [2.24, 2.45) is 29.6 Å². The van der Waals surface area contributed by atoms with Gasteiger partial charge in [-0.15, -0.1) is 0 Å². The van der Waals surface area contributed by atoms with E-state index in [4.69, 9.17) is 4.42 Å². The highest BCUT2D eigenvalue weighted by Crippen LogP contribution is 2.51. The summed E-state index contributed by atoms with van der Waals surface area (Å²) in [6, 6.07) is 35.3. The van der Waals surface area contributed by atoms with Crippen LogP contribution in [0.3, 0.4) is 0 Å². The number of fused-ring (bicyclic) bond motifs is 7. The number of rotatable bonds is 5. The number of allylic oxidation sites excluding steroid dienone is 21. The molecule has 0 fully saturated rings. The molecule has 55 heavy (non-hydrogen) atoms. The van der Waals surface area contributed by atoms with Gasteiger partial charge >= 0.3 is 0 Å². The summed E-state index contributed by atoms with van der Waals surface area (Å²) in [7, 11) is 0. The molecular weight excluding hydrogens is 665 g/mol. The van der Waals surface area contributed by atoms with Gasteiger partial charge in [0.05, 0.1) is 0 Å². The van der Waals surface area contributed by atoms with E-state index in [-0.39, 0.29) is 11.8 Å². The third-order valence-electron chi connectivity index (χ3n) is 12.3. The lowest BCUT2D eigenvalue weighted by Crippen LogP contribution is -2.17. The monoisotopic (exact) mass is 704 g/mol. The Morgan fingerprint density at radius 2 is 0.964 bits per heavy atom. The summed E-state index contributed by atoms with van der Waals surface area (Å²) in [5.41, 5.74) is 14.8. The fraction of sp³-hybridized carbons (Fsp3) is 0.111. The van der Waals surface area contributed by atoms with Crippen LogP contribution in [0.25, 0.3) is 50.5 Å². The van der Waals surface area contributed by atoms with Crippen LogP contribution in [0.4, 0.5) is 0 Å². The fourth-order valence-corrected chi connectivity index (χ4v) is 9.54. The number of hydrogen-bond acceptors (Lipinski definition) is 1. The Balaban J connectivity index is 1.05. The molecule has 0 radical (unpaired) electrons. The molecule has 6 atom stereocenters. The van der Waals surface area contributed by atoms with Gasteiger partial charge in [0.2, 0.25) is 0 Å². The van der Waals surface area contributed by atoms with E-state index >= 15 is 0 Å². The summed E-state index contributed by atoms with van der Waals surface area (Å²) < 4.78 is 6.80. The Morgan fingerprint density at radius 1 is 0.418 bits per heavy atom. The highest BCUT2D eigenvalue weighted by molar-refractivity contribution is 6.03. The molecule has 1 heterocycles. The molecule has 6 aliphatic rings. The average Bonchev–Trinajstić information content (AvgIpc) is 3.65. The second kappa shape index (κ2) is 13.1. The summed E-state index contributed by atoms with van der Waals surface area (Å²) in [4.78, 5) is 0. The van der Waals surface area contributed by atoms with Crippen LogP contribution in [-0.4, -0.2) is 0 Å². The van der Waals surface area contributed by atoms with Gasteiger partial charge < -0.3 is 4.42 Å². The minimum atomic E-state index is 0.185. The van der Waals surface area contributed by atoms with Crippen LogP contribution in [0.5, 0.6) is 0 Å². The number of hydrogen-bond donors (Lipinski definition) is 0. The van der Waals surface area contributed by atoms with Crippen LogP contribution in [0, 0.1) is 29.6 Å². The van der Waals surface area contributed by atoms with Gasteiger partial charge in [-0.3, -0.25) is 0 Å². The summed E-state index contributed by atoms with van der Waals surface area (Å²) in [6.07, 6.45) is 41.9. The van der Waals surface area contributed by atoms with Gasteiger partial charge in [-0.1, -0.05) is 176 Å². The van der Waals surface area contributed by atoms with Crippen LogP contribution in [0.1, 0.15) is 39.5 Å². The van der Waals surface area contributed by atoms with Crippen molar-refractivity contribution in [2.75, 3.05) is 0 Å². The second-order valence-electron chi connectivity index (χ2n) is 15.5. The van der Waals surface area contributed by atoms with Crippen molar-refractivity contribution in [3.8, 4) is 11.1 Å². The molecule has 1 nitrogen and oxygen atoms in total. The van der Waals surface area contributed by atoms with E-state index < -0.39 is 0 Å². The van der Waals surface area contributed by atoms with E-state index in [1.54, 1.807) is 0 Å². The predicted octanol–water partition coefficient (Wildman–Crippen LogP) is 13.6. The van der Waals surface area contributed by atoms with Crippen LogP contribution < -0.4 is 0 Å². The molecular formula is C54H40O. The Hall–Kier alpha value is -6.44. The van der Waals surface area contributed by atoms with E-state index in [0.29, 0.717) is 23.7 Å². The molecule has 262 valence electrons. The Kier molecular flexibility index (Phi) is 7.66.